The van der Waals surface area contributed by atoms with E-state index in [-0.39, 0.29) is 18.4 Å². The lowest BCUT2D eigenvalue weighted by molar-refractivity contribution is -0.118. The summed E-state index contributed by atoms with van der Waals surface area (Å²) in [6.45, 7) is 2.44. The largest absolute Gasteiger partial charge is 0.484 e. The summed E-state index contributed by atoms with van der Waals surface area (Å²) >= 11 is 6.05. The van der Waals surface area contributed by atoms with Crippen molar-refractivity contribution >= 4 is 34.8 Å². The van der Waals surface area contributed by atoms with Crippen LogP contribution in [0.3, 0.4) is 0 Å². The van der Waals surface area contributed by atoms with E-state index >= 15 is 0 Å². The molecule has 0 spiro atoms. The molecule has 1 aliphatic rings. The van der Waals surface area contributed by atoms with Gasteiger partial charge in [0.05, 0.1) is 0 Å². The Hall–Kier alpha value is -2.53. The minimum absolute atomic E-state index is 0.117. The van der Waals surface area contributed by atoms with Gasteiger partial charge >= 0.3 is 0 Å². The highest BCUT2D eigenvalue weighted by Gasteiger charge is 2.21. The molecule has 1 N–H and O–H groups in total. The molecule has 0 aliphatic carbocycles. The molecule has 0 saturated carbocycles. The van der Waals surface area contributed by atoms with Crippen LogP contribution in [0.5, 0.6) is 5.75 Å². The standard InChI is InChI=1S/C19H19ClN2O3/c1-13-16(20)7-3-8-17(13)21-18(23)12-25-15-6-2-5-14(11-15)22-10-4-9-19(22)24/h2-3,5-8,11H,4,9-10,12H2,1H3,(H,21,23). The van der Waals surface area contributed by atoms with Gasteiger partial charge in [0.15, 0.2) is 6.61 Å². The molecule has 5 nitrogen and oxygen atoms in total. The third-order valence-electron chi connectivity index (χ3n) is 4.11. The Morgan fingerprint density at radius 3 is 2.84 bits per heavy atom. The molecule has 25 heavy (non-hydrogen) atoms. The predicted molar refractivity (Wildman–Crippen MR) is 98.3 cm³/mol. The van der Waals surface area contributed by atoms with Crippen LogP contribution in [-0.4, -0.2) is 25.0 Å². The fourth-order valence-electron chi connectivity index (χ4n) is 2.74. The molecule has 1 heterocycles. The molecule has 0 radical (unpaired) electrons. The first-order valence-electron chi connectivity index (χ1n) is 8.13. The third-order valence-corrected chi connectivity index (χ3v) is 4.52. The summed E-state index contributed by atoms with van der Waals surface area (Å²) < 4.78 is 5.56. The second-order valence-corrected chi connectivity index (χ2v) is 6.30. The number of hydrogen-bond acceptors (Lipinski definition) is 3. The summed E-state index contributed by atoms with van der Waals surface area (Å²) in [4.78, 5) is 25.7. The molecule has 1 aliphatic heterocycles. The minimum Gasteiger partial charge on any atom is -0.484 e. The van der Waals surface area contributed by atoms with Crippen molar-refractivity contribution in [2.75, 3.05) is 23.4 Å². The highest BCUT2D eigenvalue weighted by Crippen LogP contribution is 2.26. The number of amides is 2. The van der Waals surface area contributed by atoms with Gasteiger partial charge in [-0.3, -0.25) is 9.59 Å². The second kappa shape index (κ2) is 7.57. The number of carbonyl (C=O) groups is 2. The number of anilines is 2. The summed E-state index contributed by atoms with van der Waals surface area (Å²) in [5.41, 5.74) is 2.27. The van der Waals surface area contributed by atoms with E-state index in [0.717, 1.165) is 24.2 Å². The molecule has 1 saturated heterocycles. The predicted octanol–water partition coefficient (Wildman–Crippen LogP) is 3.79. The van der Waals surface area contributed by atoms with E-state index in [1.165, 1.54) is 0 Å². The highest BCUT2D eigenvalue weighted by atomic mass is 35.5. The van der Waals surface area contributed by atoms with Gasteiger partial charge in [-0.05, 0) is 43.2 Å². The minimum atomic E-state index is -0.270. The van der Waals surface area contributed by atoms with Crippen LogP contribution in [0.15, 0.2) is 42.5 Å². The lowest BCUT2D eigenvalue weighted by atomic mass is 10.2. The molecular weight excluding hydrogens is 340 g/mol. The van der Waals surface area contributed by atoms with Crippen LogP contribution >= 0.6 is 11.6 Å². The van der Waals surface area contributed by atoms with Gasteiger partial charge in [0.1, 0.15) is 5.75 Å². The molecule has 0 bridgehead atoms. The molecule has 0 aromatic heterocycles. The van der Waals surface area contributed by atoms with Crippen molar-refractivity contribution in [2.24, 2.45) is 0 Å². The maximum atomic E-state index is 12.1. The Morgan fingerprint density at radius 2 is 2.08 bits per heavy atom. The van der Waals surface area contributed by atoms with E-state index in [1.807, 2.05) is 19.1 Å². The van der Waals surface area contributed by atoms with Crippen LogP contribution in [0.2, 0.25) is 5.02 Å². The molecular formula is C19H19ClN2O3. The van der Waals surface area contributed by atoms with Crippen LogP contribution in [0.1, 0.15) is 18.4 Å². The van der Waals surface area contributed by atoms with E-state index in [2.05, 4.69) is 5.32 Å². The van der Waals surface area contributed by atoms with Gasteiger partial charge < -0.3 is 15.0 Å². The monoisotopic (exact) mass is 358 g/mol. The molecule has 0 unspecified atom stereocenters. The van der Waals surface area contributed by atoms with Gasteiger partial charge in [0.25, 0.3) is 5.91 Å². The SMILES string of the molecule is Cc1c(Cl)cccc1NC(=O)COc1cccc(N2CCCC2=O)c1. The summed E-state index contributed by atoms with van der Waals surface area (Å²) in [5, 5.41) is 3.38. The van der Waals surface area contributed by atoms with Crippen LogP contribution in [-0.2, 0) is 9.59 Å². The van der Waals surface area contributed by atoms with E-state index in [0.29, 0.717) is 22.9 Å². The van der Waals surface area contributed by atoms with E-state index in [4.69, 9.17) is 16.3 Å². The number of ether oxygens (including phenoxy) is 1. The number of hydrogen-bond donors (Lipinski definition) is 1. The Morgan fingerprint density at radius 1 is 1.28 bits per heavy atom. The van der Waals surface area contributed by atoms with E-state index in [9.17, 15) is 9.59 Å². The van der Waals surface area contributed by atoms with Crippen molar-refractivity contribution in [3.63, 3.8) is 0 Å². The van der Waals surface area contributed by atoms with Crippen LogP contribution in [0.4, 0.5) is 11.4 Å². The van der Waals surface area contributed by atoms with E-state index in [1.54, 1.807) is 35.2 Å². The average Bonchev–Trinajstić information content (AvgIpc) is 3.03. The molecule has 1 fully saturated rings. The van der Waals surface area contributed by atoms with Gasteiger partial charge in [-0.1, -0.05) is 23.7 Å². The number of nitrogens with one attached hydrogen (secondary N) is 1. The maximum Gasteiger partial charge on any atom is 0.262 e. The average molecular weight is 359 g/mol. The van der Waals surface area contributed by atoms with Gasteiger partial charge in [-0.2, -0.15) is 0 Å². The zero-order chi connectivity index (χ0) is 17.8. The first kappa shape index (κ1) is 17.3. The molecule has 6 heteroatoms. The Labute approximate surface area is 151 Å². The van der Waals surface area contributed by atoms with Gasteiger partial charge in [-0.15, -0.1) is 0 Å². The summed E-state index contributed by atoms with van der Waals surface area (Å²) in [6, 6.07) is 12.6. The lowest BCUT2D eigenvalue weighted by Crippen LogP contribution is -2.24. The highest BCUT2D eigenvalue weighted by molar-refractivity contribution is 6.31. The third kappa shape index (κ3) is 4.12. The van der Waals surface area contributed by atoms with Gasteiger partial charge in [0, 0.05) is 35.4 Å². The smallest absolute Gasteiger partial charge is 0.262 e. The lowest BCUT2D eigenvalue weighted by Gasteiger charge is -2.16. The zero-order valence-electron chi connectivity index (χ0n) is 13.9. The van der Waals surface area contributed by atoms with Crippen molar-refractivity contribution in [1.29, 1.82) is 0 Å². The first-order chi connectivity index (χ1) is 12.0. The Bertz CT molecular complexity index is 807. The normalized spacial score (nSPS) is 13.8. The Balaban J connectivity index is 1.60. The topological polar surface area (TPSA) is 58.6 Å². The van der Waals surface area contributed by atoms with Crippen molar-refractivity contribution in [3.8, 4) is 5.75 Å². The van der Waals surface area contributed by atoms with Crippen molar-refractivity contribution in [2.45, 2.75) is 19.8 Å². The maximum absolute atomic E-state index is 12.1. The van der Waals surface area contributed by atoms with Gasteiger partial charge in [0.2, 0.25) is 5.91 Å². The number of carbonyl (C=O) groups excluding carboxylic acids is 2. The Kier molecular flexibility index (Phi) is 5.24. The number of halogens is 1. The summed E-state index contributed by atoms with van der Waals surface area (Å²) in [6.07, 6.45) is 1.44. The van der Waals surface area contributed by atoms with Gasteiger partial charge in [-0.25, -0.2) is 0 Å². The molecule has 2 amide bonds. The fraction of sp³-hybridized carbons (Fsp3) is 0.263. The number of rotatable bonds is 5. The second-order valence-electron chi connectivity index (χ2n) is 5.90. The van der Waals surface area contributed by atoms with Crippen LogP contribution in [0, 0.1) is 6.92 Å². The molecule has 0 atom stereocenters. The molecule has 2 aromatic carbocycles. The molecule has 3 rings (SSSR count). The number of benzene rings is 2. The number of nitrogens with zero attached hydrogens (tertiary/aromatic N) is 1. The summed E-state index contributed by atoms with van der Waals surface area (Å²) in [5.74, 6) is 0.398. The quantitative estimate of drug-likeness (QED) is 0.884. The van der Waals surface area contributed by atoms with E-state index < -0.39 is 0 Å². The molecule has 2 aromatic rings. The molecule has 130 valence electrons. The summed E-state index contributed by atoms with van der Waals surface area (Å²) in [7, 11) is 0. The van der Waals surface area contributed by atoms with Crippen LogP contribution < -0.4 is 15.0 Å². The zero-order valence-corrected chi connectivity index (χ0v) is 14.7. The first-order valence-corrected chi connectivity index (χ1v) is 8.50. The van der Waals surface area contributed by atoms with Crippen LogP contribution in [0.25, 0.3) is 0 Å². The fourth-order valence-corrected chi connectivity index (χ4v) is 2.91. The van der Waals surface area contributed by atoms with Crippen molar-refractivity contribution < 1.29 is 14.3 Å². The van der Waals surface area contributed by atoms with Crippen molar-refractivity contribution in [1.82, 2.24) is 0 Å². The van der Waals surface area contributed by atoms with Crippen molar-refractivity contribution in [3.05, 3.63) is 53.1 Å².